The van der Waals surface area contributed by atoms with Gasteiger partial charge in [-0.2, -0.15) is 5.10 Å². The van der Waals surface area contributed by atoms with E-state index in [9.17, 15) is 9.90 Å². The molecule has 0 saturated carbocycles. The third-order valence-electron chi connectivity index (χ3n) is 6.80. The number of amides is 1. The highest BCUT2D eigenvalue weighted by atomic mass is 16.5. The van der Waals surface area contributed by atoms with Gasteiger partial charge in [-0.3, -0.25) is 9.48 Å². The summed E-state index contributed by atoms with van der Waals surface area (Å²) in [6.07, 6.45) is 0.460. The van der Waals surface area contributed by atoms with E-state index < -0.39 is 0 Å². The van der Waals surface area contributed by atoms with Gasteiger partial charge in [-0.15, -0.1) is 0 Å². The number of carbonyl (C=O) groups is 1. The molecule has 192 valence electrons. The normalized spacial score (nSPS) is 15.2. The lowest BCUT2D eigenvalue weighted by atomic mass is 10.2. The van der Waals surface area contributed by atoms with Crippen LogP contribution in [0, 0.1) is 0 Å². The first-order valence-corrected chi connectivity index (χ1v) is 12.6. The fourth-order valence-corrected chi connectivity index (χ4v) is 4.76. The molecule has 9 nitrogen and oxygen atoms in total. The Kier molecular flexibility index (Phi) is 6.27. The number of benzene rings is 3. The van der Waals surface area contributed by atoms with Gasteiger partial charge in [-0.25, -0.2) is 4.98 Å². The third kappa shape index (κ3) is 4.83. The molecule has 0 radical (unpaired) electrons. The molecule has 3 aromatic carbocycles. The maximum Gasteiger partial charge on any atom is 0.256 e. The van der Waals surface area contributed by atoms with Gasteiger partial charge in [-0.1, -0.05) is 24.3 Å². The Bertz CT molecular complexity index is 1540. The first-order valence-electron chi connectivity index (χ1n) is 12.6. The molecule has 0 spiro atoms. The van der Waals surface area contributed by atoms with E-state index in [2.05, 4.69) is 15.2 Å². The van der Waals surface area contributed by atoms with E-state index in [1.165, 1.54) is 0 Å². The number of carbonyl (C=O) groups excluding carboxylic acids is 1. The number of hydrogen-bond acceptors (Lipinski definition) is 6. The summed E-state index contributed by atoms with van der Waals surface area (Å²) in [5, 5.41) is 17.4. The predicted octanol–water partition coefficient (Wildman–Crippen LogP) is 4.31. The highest BCUT2D eigenvalue weighted by Crippen LogP contribution is 2.26. The summed E-state index contributed by atoms with van der Waals surface area (Å²) in [5.41, 5.74) is 5.10. The number of para-hydroxylation sites is 2. The molecular formula is C29H28N6O3. The Balaban J connectivity index is 1.27. The number of fused-ring (bicyclic) bond motifs is 1. The minimum atomic E-state index is -0.299. The number of H-pyrrole nitrogens is 1. The number of imidazole rings is 1. The summed E-state index contributed by atoms with van der Waals surface area (Å²) in [6.45, 7) is 1.91. The summed E-state index contributed by atoms with van der Waals surface area (Å²) in [5.74, 6) is 1.64. The summed E-state index contributed by atoms with van der Waals surface area (Å²) in [6, 6.07) is 24.9. The molecule has 1 aliphatic rings. The van der Waals surface area contributed by atoms with Crippen molar-refractivity contribution in [1.29, 1.82) is 0 Å². The van der Waals surface area contributed by atoms with E-state index in [4.69, 9.17) is 14.8 Å². The lowest BCUT2D eigenvalue weighted by Gasteiger charge is -2.17. The summed E-state index contributed by atoms with van der Waals surface area (Å²) >= 11 is 0. The van der Waals surface area contributed by atoms with E-state index in [1.807, 2.05) is 71.4 Å². The lowest BCUT2D eigenvalue weighted by Crippen LogP contribution is -2.21. The van der Waals surface area contributed by atoms with Crippen molar-refractivity contribution in [2.45, 2.75) is 19.1 Å². The second-order valence-corrected chi connectivity index (χ2v) is 9.41. The van der Waals surface area contributed by atoms with E-state index in [0.717, 1.165) is 46.7 Å². The molecule has 38 heavy (non-hydrogen) atoms. The van der Waals surface area contributed by atoms with E-state index in [-0.39, 0.29) is 12.0 Å². The lowest BCUT2D eigenvalue weighted by molar-refractivity contribution is 0.102. The van der Waals surface area contributed by atoms with Crippen molar-refractivity contribution in [3.63, 3.8) is 0 Å². The van der Waals surface area contributed by atoms with Crippen LogP contribution in [0.5, 0.6) is 5.75 Å². The van der Waals surface area contributed by atoms with Gasteiger partial charge >= 0.3 is 0 Å². The van der Waals surface area contributed by atoms with Gasteiger partial charge in [-0.05, 0) is 60.5 Å². The Morgan fingerprint density at radius 1 is 1.11 bits per heavy atom. The van der Waals surface area contributed by atoms with Gasteiger partial charge < -0.3 is 25.0 Å². The minimum Gasteiger partial charge on any atom is -0.497 e. The summed E-state index contributed by atoms with van der Waals surface area (Å²) in [4.78, 5) is 23.3. The fraction of sp³-hybridized carbons (Fsp3) is 0.207. The Morgan fingerprint density at radius 2 is 1.89 bits per heavy atom. The van der Waals surface area contributed by atoms with E-state index >= 15 is 0 Å². The van der Waals surface area contributed by atoms with Crippen molar-refractivity contribution in [2.24, 2.45) is 0 Å². The molecule has 0 unspecified atom stereocenters. The third-order valence-corrected chi connectivity index (χ3v) is 6.80. The summed E-state index contributed by atoms with van der Waals surface area (Å²) in [7, 11) is 1.64. The number of rotatable bonds is 7. The fourth-order valence-electron chi connectivity index (χ4n) is 4.76. The molecule has 1 aliphatic heterocycles. The molecule has 1 fully saturated rings. The summed E-state index contributed by atoms with van der Waals surface area (Å²) < 4.78 is 7.11. The molecule has 6 rings (SSSR count). The van der Waals surface area contributed by atoms with Crippen LogP contribution in [0.3, 0.4) is 0 Å². The number of nitrogens with one attached hydrogen (secondary N) is 2. The number of nitrogens with zero attached hydrogens (tertiary/aromatic N) is 4. The zero-order chi connectivity index (χ0) is 26.1. The predicted molar refractivity (Wildman–Crippen MR) is 147 cm³/mol. The Morgan fingerprint density at radius 3 is 2.61 bits per heavy atom. The SMILES string of the molecule is COc1ccc(Cn2nc(NC(=O)c3ccc(N4CC[C@@H](O)C4)cc3)cc2-c2nc3ccccc3[nH]2)cc1. The quantitative estimate of drug-likeness (QED) is 0.302. The molecule has 3 heterocycles. The number of β-amino-alcohol motifs (C(OH)–C–C–N with tert-alkyl or cyclic N) is 1. The second-order valence-electron chi connectivity index (χ2n) is 9.41. The maximum atomic E-state index is 13.1. The van der Waals surface area contributed by atoms with Crippen LogP contribution in [0.15, 0.2) is 78.9 Å². The number of aromatic nitrogens is 4. The minimum absolute atomic E-state index is 0.247. The van der Waals surface area contributed by atoms with E-state index in [0.29, 0.717) is 30.3 Å². The molecule has 0 bridgehead atoms. The number of aliphatic hydroxyl groups excluding tert-OH is 1. The highest BCUT2D eigenvalue weighted by Gasteiger charge is 2.21. The average Bonchev–Trinajstić information content (AvgIpc) is 3.67. The zero-order valence-electron chi connectivity index (χ0n) is 21.0. The molecule has 1 atom stereocenters. The molecular weight excluding hydrogens is 480 g/mol. The number of hydrogen-bond donors (Lipinski definition) is 3. The Labute approximate surface area is 219 Å². The van der Waals surface area contributed by atoms with Crippen molar-refractivity contribution in [1.82, 2.24) is 19.7 Å². The number of methoxy groups -OCH3 is 1. The van der Waals surface area contributed by atoms with Gasteiger partial charge in [0.1, 0.15) is 11.4 Å². The van der Waals surface area contributed by atoms with Crippen LogP contribution >= 0.6 is 0 Å². The molecule has 0 aliphatic carbocycles. The number of anilines is 2. The zero-order valence-corrected chi connectivity index (χ0v) is 21.0. The van der Waals surface area contributed by atoms with Crippen molar-refractivity contribution < 1.29 is 14.6 Å². The standard InChI is InChI=1S/C29H28N6O3/c1-38-23-12-6-19(7-13-23)17-35-26(28-30-24-4-2-3-5-25(24)31-28)16-27(33-35)32-29(37)20-8-10-21(11-9-20)34-15-14-22(36)18-34/h2-13,16,22,36H,14-15,17-18H2,1H3,(H,30,31)(H,32,33,37)/t22-/m1/s1. The topological polar surface area (TPSA) is 108 Å². The first kappa shape index (κ1) is 23.7. The molecule has 1 saturated heterocycles. The number of ether oxygens (including phenoxy) is 1. The van der Waals surface area contributed by atoms with Gasteiger partial charge in [0.2, 0.25) is 0 Å². The van der Waals surface area contributed by atoms with Gasteiger partial charge in [0.15, 0.2) is 11.6 Å². The van der Waals surface area contributed by atoms with Crippen molar-refractivity contribution in [3.05, 3.63) is 90.0 Å². The van der Waals surface area contributed by atoms with Crippen LogP contribution in [-0.4, -0.2) is 57.1 Å². The van der Waals surface area contributed by atoms with Crippen LogP contribution < -0.4 is 15.0 Å². The first-order chi connectivity index (χ1) is 18.6. The molecule has 2 aromatic heterocycles. The van der Waals surface area contributed by atoms with Crippen molar-refractivity contribution >= 4 is 28.4 Å². The van der Waals surface area contributed by atoms with Gasteiger partial charge in [0.25, 0.3) is 5.91 Å². The Hall–Kier alpha value is -4.63. The monoisotopic (exact) mass is 508 g/mol. The smallest absolute Gasteiger partial charge is 0.256 e. The number of aromatic amines is 1. The molecule has 1 amide bonds. The van der Waals surface area contributed by atoms with Crippen LogP contribution in [0.25, 0.3) is 22.6 Å². The number of aliphatic hydroxyl groups is 1. The molecule has 9 heteroatoms. The van der Waals surface area contributed by atoms with E-state index in [1.54, 1.807) is 19.2 Å². The molecule has 5 aromatic rings. The largest absolute Gasteiger partial charge is 0.497 e. The van der Waals surface area contributed by atoms with Crippen LogP contribution in [-0.2, 0) is 6.54 Å². The van der Waals surface area contributed by atoms with Crippen LogP contribution in [0.4, 0.5) is 11.5 Å². The van der Waals surface area contributed by atoms with Crippen molar-refractivity contribution in [2.75, 3.05) is 30.4 Å². The van der Waals surface area contributed by atoms with Crippen LogP contribution in [0.1, 0.15) is 22.3 Å². The molecule has 3 N–H and O–H groups in total. The second kappa shape index (κ2) is 10.0. The highest BCUT2D eigenvalue weighted by molar-refractivity contribution is 6.04. The average molecular weight is 509 g/mol. The van der Waals surface area contributed by atoms with Crippen LogP contribution in [0.2, 0.25) is 0 Å². The van der Waals surface area contributed by atoms with Gasteiger partial charge in [0.05, 0.1) is 30.8 Å². The van der Waals surface area contributed by atoms with Gasteiger partial charge in [0, 0.05) is 30.4 Å². The maximum absolute atomic E-state index is 13.1. The van der Waals surface area contributed by atoms with Crippen molar-refractivity contribution in [3.8, 4) is 17.3 Å².